The molecule has 17 heavy (non-hydrogen) atoms. The highest BCUT2D eigenvalue weighted by molar-refractivity contribution is 7.99. The third-order valence-electron chi connectivity index (χ3n) is 1.89. The molecule has 1 rings (SSSR count). The maximum absolute atomic E-state index is 13.2. The topological polar surface area (TPSA) is 29.1 Å². The van der Waals surface area contributed by atoms with Crippen LogP contribution in [0, 0.1) is 17.6 Å². The number of nitrogens with one attached hydrogen (secondary N) is 1. The van der Waals surface area contributed by atoms with Gasteiger partial charge in [-0.1, -0.05) is 13.8 Å². The second kappa shape index (κ2) is 6.59. The van der Waals surface area contributed by atoms with E-state index < -0.39 is 11.6 Å². The maximum Gasteiger partial charge on any atom is 0.234 e. The van der Waals surface area contributed by atoms with Crippen LogP contribution in [0.2, 0.25) is 0 Å². The summed E-state index contributed by atoms with van der Waals surface area (Å²) in [6, 6.07) is 2.98. The van der Waals surface area contributed by atoms with Crippen molar-refractivity contribution in [1.82, 2.24) is 0 Å². The minimum Gasteiger partial charge on any atom is -0.323 e. The molecule has 0 spiro atoms. The van der Waals surface area contributed by atoms with E-state index in [-0.39, 0.29) is 17.3 Å². The van der Waals surface area contributed by atoms with E-state index in [2.05, 4.69) is 19.2 Å². The first kappa shape index (κ1) is 14.0. The lowest BCUT2D eigenvalue weighted by Gasteiger charge is -2.07. The number of benzene rings is 1. The van der Waals surface area contributed by atoms with E-state index in [0.717, 1.165) is 24.0 Å². The van der Waals surface area contributed by atoms with Gasteiger partial charge in [0.1, 0.15) is 11.6 Å². The van der Waals surface area contributed by atoms with Gasteiger partial charge in [0.2, 0.25) is 5.91 Å². The Morgan fingerprint density at radius 3 is 2.76 bits per heavy atom. The average Bonchev–Trinajstić information content (AvgIpc) is 2.23. The van der Waals surface area contributed by atoms with E-state index in [1.165, 1.54) is 11.8 Å². The van der Waals surface area contributed by atoms with Crippen LogP contribution < -0.4 is 5.32 Å². The van der Waals surface area contributed by atoms with E-state index in [9.17, 15) is 13.6 Å². The highest BCUT2D eigenvalue weighted by Gasteiger charge is 2.08. The summed E-state index contributed by atoms with van der Waals surface area (Å²) in [6.07, 6.45) is 0. The molecule has 2 nitrogen and oxygen atoms in total. The fourth-order valence-corrected chi connectivity index (χ4v) is 2.01. The summed E-state index contributed by atoms with van der Waals surface area (Å²) in [5, 5.41) is 2.35. The van der Waals surface area contributed by atoms with Gasteiger partial charge in [-0.3, -0.25) is 4.79 Å². The summed E-state index contributed by atoms with van der Waals surface area (Å²) in [5.74, 6) is 0.0803. The van der Waals surface area contributed by atoms with Crippen molar-refractivity contribution in [2.45, 2.75) is 13.8 Å². The number of amides is 1. The van der Waals surface area contributed by atoms with Gasteiger partial charge in [0.25, 0.3) is 0 Å². The van der Waals surface area contributed by atoms with Gasteiger partial charge in [0, 0.05) is 6.07 Å². The van der Waals surface area contributed by atoms with E-state index in [1.54, 1.807) is 0 Å². The zero-order valence-corrected chi connectivity index (χ0v) is 10.6. The fourth-order valence-electron chi connectivity index (χ4n) is 1.17. The van der Waals surface area contributed by atoms with Crippen molar-refractivity contribution < 1.29 is 13.6 Å². The lowest BCUT2D eigenvalue weighted by Crippen LogP contribution is -2.16. The van der Waals surface area contributed by atoms with Crippen molar-refractivity contribution in [3.63, 3.8) is 0 Å². The summed E-state index contributed by atoms with van der Waals surface area (Å²) in [6.45, 7) is 4.11. The molecule has 1 N–H and O–H groups in total. The van der Waals surface area contributed by atoms with Crippen LogP contribution in [0.25, 0.3) is 0 Å². The number of thioether (sulfide) groups is 1. The first-order valence-electron chi connectivity index (χ1n) is 5.31. The van der Waals surface area contributed by atoms with Gasteiger partial charge in [0.05, 0.1) is 11.4 Å². The Balaban J connectivity index is 2.47. The molecule has 0 fully saturated rings. The van der Waals surface area contributed by atoms with Crippen molar-refractivity contribution in [3.8, 4) is 0 Å². The van der Waals surface area contributed by atoms with Crippen LogP contribution in [0.4, 0.5) is 14.5 Å². The van der Waals surface area contributed by atoms with Gasteiger partial charge in [-0.15, -0.1) is 0 Å². The van der Waals surface area contributed by atoms with Crippen LogP contribution in [-0.4, -0.2) is 17.4 Å². The Bertz CT molecular complexity index is 396. The van der Waals surface area contributed by atoms with Gasteiger partial charge < -0.3 is 5.32 Å². The first-order valence-corrected chi connectivity index (χ1v) is 6.47. The Hall–Kier alpha value is -1.10. The summed E-state index contributed by atoms with van der Waals surface area (Å²) in [4.78, 5) is 11.4. The SMILES string of the molecule is CC(C)CSCC(=O)Nc1cc(F)ccc1F. The number of hydrogen-bond donors (Lipinski definition) is 1. The monoisotopic (exact) mass is 259 g/mol. The molecule has 0 heterocycles. The Morgan fingerprint density at radius 1 is 1.41 bits per heavy atom. The van der Waals surface area contributed by atoms with Gasteiger partial charge in [-0.25, -0.2) is 8.78 Å². The molecule has 0 radical (unpaired) electrons. The van der Waals surface area contributed by atoms with Crippen molar-refractivity contribution in [1.29, 1.82) is 0 Å². The molecule has 5 heteroatoms. The Morgan fingerprint density at radius 2 is 2.12 bits per heavy atom. The molecule has 0 aliphatic heterocycles. The largest absolute Gasteiger partial charge is 0.323 e. The summed E-state index contributed by atoms with van der Waals surface area (Å²) in [7, 11) is 0. The van der Waals surface area contributed by atoms with Crippen molar-refractivity contribution >= 4 is 23.4 Å². The zero-order valence-electron chi connectivity index (χ0n) is 9.80. The van der Waals surface area contributed by atoms with Gasteiger partial charge in [0.15, 0.2) is 0 Å². The number of carbonyl (C=O) groups excluding carboxylic acids is 1. The first-order chi connectivity index (χ1) is 7.99. The zero-order chi connectivity index (χ0) is 12.8. The molecule has 0 aliphatic rings. The molecule has 1 aromatic carbocycles. The second-order valence-corrected chi connectivity index (χ2v) is 5.11. The predicted molar refractivity (Wildman–Crippen MR) is 67.2 cm³/mol. The molecule has 94 valence electrons. The molecule has 1 aromatic rings. The maximum atomic E-state index is 13.2. The number of hydrogen-bond acceptors (Lipinski definition) is 2. The molecule has 0 aliphatic carbocycles. The molecule has 0 aromatic heterocycles. The Kier molecular flexibility index (Phi) is 5.41. The molecule has 0 saturated heterocycles. The Labute approximate surface area is 104 Å². The smallest absolute Gasteiger partial charge is 0.234 e. The van der Waals surface area contributed by atoms with Crippen LogP contribution in [0.15, 0.2) is 18.2 Å². The van der Waals surface area contributed by atoms with Crippen LogP contribution in [0.1, 0.15) is 13.8 Å². The highest BCUT2D eigenvalue weighted by atomic mass is 32.2. The quantitative estimate of drug-likeness (QED) is 0.879. The van der Waals surface area contributed by atoms with Crippen LogP contribution in [0.5, 0.6) is 0 Å². The minimum atomic E-state index is -0.631. The average molecular weight is 259 g/mol. The van der Waals surface area contributed by atoms with Crippen LogP contribution in [-0.2, 0) is 4.79 Å². The lowest BCUT2D eigenvalue weighted by molar-refractivity contribution is -0.113. The summed E-state index contributed by atoms with van der Waals surface area (Å²) < 4.78 is 26.0. The summed E-state index contributed by atoms with van der Waals surface area (Å²) >= 11 is 1.47. The molecule has 1 amide bonds. The normalized spacial score (nSPS) is 10.6. The second-order valence-electron chi connectivity index (χ2n) is 4.08. The molecular formula is C12H15F2NOS. The van der Waals surface area contributed by atoms with Gasteiger partial charge in [-0.2, -0.15) is 11.8 Å². The van der Waals surface area contributed by atoms with Crippen molar-refractivity contribution in [2.24, 2.45) is 5.92 Å². The minimum absolute atomic E-state index is 0.111. The molecule has 0 unspecified atom stereocenters. The third kappa shape index (κ3) is 5.17. The third-order valence-corrected chi connectivity index (χ3v) is 3.26. The molecule has 0 saturated carbocycles. The van der Waals surface area contributed by atoms with Crippen molar-refractivity contribution in [2.75, 3.05) is 16.8 Å². The lowest BCUT2D eigenvalue weighted by atomic mass is 10.3. The number of carbonyl (C=O) groups is 1. The van der Waals surface area contributed by atoms with E-state index in [0.29, 0.717) is 5.92 Å². The predicted octanol–water partition coefficient (Wildman–Crippen LogP) is 3.29. The van der Waals surface area contributed by atoms with Crippen LogP contribution >= 0.6 is 11.8 Å². The highest BCUT2D eigenvalue weighted by Crippen LogP contribution is 2.16. The van der Waals surface area contributed by atoms with E-state index in [1.807, 2.05) is 0 Å². The number of anilines is 1. The fraction of sp³-hybridized carbons (Fsp3) is 0.417. The summed E-state index contributed by atoms with van der Waals surface area (Å²) in [5.41, 5.74) is -0.111. The molecule has 0 bridgehead atoms. The standard InChI is InChI=1S/C12H15F2NOS/c1-8(2)6-17-7-12(16)15-11-5-9(13)3-4-10(11)14/h3-5,8H,6-7H2,1-2H3,(H,15,16). The van der Waals surface area contributed by atoms with E-state index >= 15 is 0 Å². The van der Waals surface area contributed by atoms with Gasteiger partial charge >= 0.3 is 0 Å². The molecular weight excluding hydrogens is 244 g/mol. The van der Waals surface area contributed by atoms with Crippen LogP contribution in [0.3, 0.4) is 0 Å². The van der Waals surface area contributed by atoms with Gasteiger partial charge in [-0.05, 0) is 23.8 Å². The van der Waals surface area contributed by atoms with E-state index in [4.69, 9.17) is 0 Å². The molecule has 0 atom stereocenters. The number of halogens is 2. The van der Waals surface area contributed by atoms with Crippen molar-refractivity contribution in [3.05, 3.63) is 29.8 Å². The number of rotatable bonds is 5.